The van der Waals surface area contributed by atoms with Crippen LogP contribution in [0.15, 0.2) is 72.8 Å². The van der Waals surface area contributed by atoms with Gasteiger partial charge in [-0.25, -0.2) is 4.79 Å². The molecule has 1 aliphatic rings. The molecule has 4 rings (SSSR count). The topological polar surface area (TPSA) is 135 Å². The van der Waals surface area contributed by atoms with E-state index in [9.17, 15) is 19.5 Å². The third-order valence-corrected chi connectivity index (χ3v) is 7.60. The normalized spacial score (nSPS) is 19.2. The summed E-state index contributed by atoms with van der Waals surface area (Å²) in [7, 11) is 0. The third kappa shape index (κ3) is 6.74. The van der Waals surface area contributed by atoms with Gasteiger partial charge in [0.25, 0.3) is 5.91 Å². The van der Waals surface area contributed by atoms with E-state index < -0.39 is 23.7 Å². The van der Waals surface area contributed by atoms with E-state index in [0.717, 1.165) is 21.9 Å². The van der Waals surface area contributed by atoms with Crippen LogP contribution in [0.3, 0.4) is 0 Å². The van der Waals surface area contributed by atoms with Crippen molar-refractivity contribution in [3.63, 3.8) is 0 Å². The molecule has 4 atom stereocenters. The second-order valence-corrected chi connectivity index (χ2v) is 11.2. The van der Waals surface area contributed by atoms with Gasteiger partial charge in [0.05, 0.1) is 6.04 Å². The zero-order valence-electron chi connectivity index (χ0n) is 23.8. The Morgan fingerprint density at radius 1 is 1.05 bits per heavy atom. The first kappa shape index (κ1) is 29.7. The Hall–Kier alpha value is -4.24. The summed E-state index contributed by atoms with van der Waals surface area (Å²) in [6, 6.07) is 21.6. The Balaban J connectivity index is 1.46. The number of guanidine groups is 1. The molecule has 1 saturated heterocycles. The standard InChI is InChI=1S/C32H39N5O4/c1-21(2)19-32(26-13-5-4-6-14-26)29(39)37(30(33)36-32)17-9-10-22(3)34-28(27(20-38)35-31(40)41)25-16-15-23-11-7-8-12-24(23)18-25/h4-8,11-16,18,20-22,27-28,34-35H,9-10,17,19H2,1-3H3,(H2,33,36)(H,40,41)/t22?,27?,28?,32-/m1/s1. The molecule has 2 amide bonds. The van der Waals surface area contributed by atoms with E-state index in [4.69, 9.17) is 5.41 Å². The van der Waals surface area contributed by atoms with Crippen LogP contribution in [-0.2, 0) is 15.1 Å². The van der Waals surface area contributed by atoms with Gasteiger partial charge in [0.15, 0.2) is 5.96 Å². The molecule has 0 bridgehead atoms. The SMILES string of the molecule is CC(C)C[C@]1(c2ccccc2)NC(=N)N(CCCC(C)NC(c2ccc3ccccc3c2)C(C=O)NC(=O)O)C1=O. The van der Waals surface area contributed by atoms with Gasteiger partial charge in [-0.05, 0) is 60.1 Å². The third-order valence-electron chi connectivity index (χ3n) is 7.60. The quantitative estimate of drug-likeness (QED) is 0.192. The van der Waals surface area contributed by atoms with Gasteiger partial charge in [-0.1, -0.05) is 80.6 Å². The van der Waals surface area contributed by atoms with Crippen molar-refractivity contribution in [3.05, 3.63) is 83.9 Å². The second kappa shape index (κ2) is 13.0. The van der Waals surface area contributed by atoms with Crippen molar-refractivity contribution in [2.75, 3.05) is 6.54 Å². The number of fused-ring (bicyclic) bond motifs is 1. The molecule has 0 saturated carbocycles. The highest BCUT2D eigenvalue weighted by Gasteiger charge is 2.50. The Bertz CT molecular complexity index is 1400. The van der Waals surface area contributed by atoms with E-state index in [1.807, 2.05) is 79.7 Å². The zero-order chi connectivity index (χ0) is 29.6. The number of benzene rings is 3. The molecule has 9 heteroatoms. The van der Waals surface area contributed by atoms with Gasteiger partial charge >= 0.3 is 6.09 Å². The minimum absolute atomic E-state index is 0.0980. The number of carbonyl (C=O) groups is 3. The molecule has 216 valence electrons. The van der Waals surface area contributed by atoms with Crippen molar-refractivity contribution >= 4 is 35.0 Å². The Kier molecular flexibility index (Phi) is 9.39. The van der Waals surface area contributed by atoms with Gasteiger partial charge in [0, 0.05) is 12.6 Å². The van der Waals surface area contributed by atoms with Crippen molar-refractivity contribution in [2.24, 2.45) is 5.92 Å². The maximum atomic E-state index is 13.8. The highest BCUT2D eigenvalue weighted by atomic mass is 16.4. The first-order chi connectivity index (χ1) is 19.6. The van der Waals surface area contributed by atoms with Gasteiger partial charge in [0.2, 0.25) is 0 Å². The van der Waals surface area contributed by atoms with Crippen LogP contribution in [0.2, 0.25) is 0 Å². The van der Waals surface area contributed by atoms with E-state index in [1.165, 1.54) is 4.90 Å². The van der Waals surface area contributed by atoms with Crippen molar-refractivity contribution in [1.29, 1.82) is 5.41 Å². The zero-order valence-corrected chi connectivity index (χ0v) is 23.8. The highest BCUT2D eigenvalue weighted by molar-refractivity contribution is 6.08. The molecule has 9 nitrogen and oxygen atoms in total. The van der Waals surface area contributed by atoms with Gasteiger partial charge in [-0.15, -0.1) is 0 Å². The number of hydrogen-bond donors (Lipinski definition) is 5. The molecule has 3 aromatic carbocycles. The molecule has 1 aliphatic heterocycles. The van der Waals surface area contributed by atoms with E-state index >= 15 is 0 Å². The molecule has 1 fully saturated rings. The number of amides is 2. The lowest BCUT2D eigenvalue weighted by Gasteiger charge is -2.30. The van der Waals surface area contributed by atoms with Gasteiger partial charge in [-0.2, -0.15) is 0 Å². The molecule has 3 unspecified atom stereocenters. The molecule has 0 radical (unpaired) electrons. The van der Waals surface area contributed by atoms with E-state index in [0.29, 0.717) is 32.1 Å². The van der Waals surface area contributed by atoms with Crippen LogP contribution in [0, 0.1) is 11.3 Å². The van der Waals surface area contributed by atoms with Gasteiger partial charge < -0.3 is 25.9 Å². The molecule has 1 heterocycles. The number of hydrogen-bond acceptors (Lipinski definition) is 5. The predicted octanol–water partition coefficient (Wildman–Crippen LogP) is 4.78. The number of rotatable bonds is 13. The van der Waals surface area contributed by atoms with Crippen LogP contribution in [0.4, 0.5) is 4.79 Å². The van der Waals surface area contributed by atoms with Crippen molar-refractivity contribution in [1.82, 2.24) is 20.9 Å². The van der Waals surface area contributed by atoms with Crippen molar-refractivity contribution < 1.29 is 19.5 Å². The number of aldehydes is 1. The lowest BCUT2D eigenvalue weighted by atomic mass is 9.82. The monoisotopic (exact) mass is 557 g/mol. The van der Waals surface area contributed by atoms with E-state index in [1.54, 1.807) is 0 Å². The predicted molar refractivity (Wildman–Crippen MR) is 160 cm³/mol. The molecule has 41 heavy (non-hydrogen) atoms. The number of nitrogens with one attached hydrogen (secondary N) is 4. The lowest BCUT2D eigenvalue weighted by molar-refractivity contribution is -0.132. The molecule has 5 N–H and O–H groups in total. The van der Waals surface area contributed by atoms with Crippen molar-refractivity contribution in [3.8, 4) is 0 Å². The summed E-state index contributed by atoms with van der Waals surface area (Å²) in [5, 5.41) is 28.9. The average Bonchev–Trinajstić information content (AvgIpc) is 3.19. The molecular weight excluding hydrogens is 518 g/mol. The van der Waals surface area contributed by atoms with Crippen LogP contribution in [0.25, 0.3) is 10.8 Å². The summed E-state index contributed by atoms with van der Waals surface area (Å²) in [5.41, 5.74) is 0.686. The highest BCUT2D eigenvalue weighted by Crippen LogP contribution is 2.35. The number of carboxylic acid groups (broad SMARTS) is 1. The van der Waals surface area contributed by atoms with Crippen LogP contribution >= 0.6 is 0 Å². The first-order valence-electron chi connectivity index (χ1n) is 14.1. The fourth-order valence-corrected chi connectivity index (χ4v) is 5.75. The lowest BCUT2D eigenvalue weighted by Crippen LogP contribution is -2.47. The largest absolute Gasteiger partial charge is 0.465 e. The molecule has 3 aromatic rings. The maximum Gasteiger partial charge on any atom is 0.405 e. The summed E-state index contributed by atoms with van der Waals surface area (Å²) in [4.78, 5) is 38.7. The Morgan fingerprint density at radius 3 is 2.39 bits per heavy atom. The minimum Gasteiger partial charge on any atom is -0.465 e. The fraction of sp³-hybridized carbons (Fsp3) is 0.375. The van der Waals surface area contributed by atoms with Gasteiger partial charge in [-0.3, -0.25) is 15.1 Å². The molecular formula is C32H39N5O4. The summed E-state index contributed by atoms with van der Waals surface area (Å²) in [5.74, 6) is 0.213. The van der Waals surface area contributed by atoms with E-state index in [-0.39, 0.29) is 23.8 Å². The molecule has 0 aliphatic carbocycles. The molecule has 0 spiro atoms. The molecule has 0 aromatic heterocycles. The maximum absolute atomic E-state index is 13.8. The van der Waals surface area contributed by atoms with Crippen LogP contribution in [-0.4, -0.2) is 52.9 Å². The van der Waals surface area contributed by atoms with Crippen LogP contribution < -0.4 is 16.0 Å². The van der Waals surface area contributed by atoms with E-state index in [2.05, 4.69) is 29.8 Å². The number of nitrogens with zero attached hydrogens (tertiary/aromatic N) is 1. The second-order valence-electron chi connectivity index (χ2n) is 11.2. The van der Waals surface area contributed by atoms with Crippen LogP contribution in [0.1, 0.15) is 57.2 Å². The van der Waals surface area contributed by atoms with Crippen LogP contribution in [0.5, 0.6) is 0 Å². The average molecular weight is 558 g/mol. The Morgan fingerprint density at radius 2 is 1.73 bits per heavy atom. The fourth-order valence-electron chi connectivity index (χ4n) is 5.75. The Labute approximate surface area is 240 Å². The smallest absolute Gasteiger partial charge is 0.405 e. The number of carbonyl (C=O) groups excluding carboxylic acids is 2. The summed E-state index contributed by atoms with van der Waals surface area (Å²) < 4.78 is 0. The minimum atomic E-state index is -1.27. The summed E-state index contributed by atoms with van der Waals surface area (Å²) in [6.45, 7) is 6.47. The van der Waals surface area contributed by atoms with Crippen molar-refractivity contribution in [2.45, 2.75) is 63.7 Å². The summed E-state index contributed by atoms with van der Waals surface area (Å²) >= 11 is 0. The summed E-state index contributed by atoms with van der Waals surface area (Å²) in [6.07, 6.45) is 1.16. The van der Waals surface area contributed by atoms with Gasteiger partial charge in [0.1, 0.15) is 17.9 Å². The first-order valence-corrected chi connectivity index (χ1v) is 14.1.